The van der Waals surface area contributed by atoms with Gasteiger partial charge in [-0.15, -0.1) is 0 Å². The van der Waals surface area contributed by atoms with Gasteiger partial charge in [-0.3, -0.25) is 9.59 Å². The molecule has 1 aliphatic heterocycles. The first-order valence-electron chi connectivity index (χ1n) is 10.2. The van der Waals surface area contributed by atoms with Crippen LogP contribution in [0.2, 0.25) is 0 Å². The monoisotopic (exact) mass is 384 g/mol. The molecule has 150 valence electrons. The number of nitrogens with zero attached hydrogens (tertiary/aromatic N) is 2. The van der Waals surface area contributed by atoms with Crippen LogP contribution in [-0.4, -0.2) is 28.5 Å². The molecule has 28 heavy (non-hydrogen) atoms. The second-order valence-corrected chi connectivity index (χ2v) is 7.78. The van der Waals surface area contributed by atoms with Gasteiger partial charge in [-0.1, -0.05) is 18.2 Å². The molecule has 0 saturated carbocycles. The first kappa shape index (κ1) is 20.3. The largest absolute Gasteiger partial charge is 0.338 e. The molecule has 1 amide bonds. The van der Waals surface area contributed by atoms with Crippen molar-refractivity contribution in [3.8, 4) is 0 Å². The van der Waals surface area contributed by atoms with E-state index in [9.17, 15) is 14.0 Å². The maximum atomic E-state index is 13.9. The smallest absolute Gasteiger partial charge is 0.263 e. The van der Waals surface area contributed by atoms with Crippen LogP contribution in [0.4, 0.5) is 4.39 Å². The molecule has 1 aromatic heterocycles. The molecule has 1 unspecified atom stereocenters. The molecule has 1 fully saturated rings. The van der Waals surface area contributed by atoms with E-state index in [4.69, 9.17) is 0 Å². The van der Waals surface area contributed by atoms with Crippen LogP contribution in [0.3, 0.4) is 0 Å². The van der Waals surface area contributed by atoms with Crippen molar-refractivity contribution in [1.29, 1.82) is 0 Å². The number of piperidine rings is 1. The summed E-state index contributed by atoms with van der Waals surface area (Å²) in [5.41, 5.74) is 2.44. The third-order valence-corrected chi connectivity index (χ3v) is 5.82. The first-order chi connectivity index (χ1) is 13.4. The van der Waals surface area contributed by atoms with Gasteiger partial charge in [-0.25, -0.2) is 4.39 Å². The number of rotatable bonds is 5. The van der Waals surface area contributed by atoms with E-state index in [0.717, 1.165) is 36.1 Å². The Morgan fingerprint density at radius 1 is 1.25 bits per heavy atom. The summed E-state index contributed by atoms with van der Waals surface area (Å²) in [5.74, 6) is -0.00149. The molecule has 2 aromatic rings. The van der Waals surface area contributed by atoms with E-state index in [1.54, 1.807) is 10.6 Å². The number of carbonyl (C=O) groups is 1. The Hall–Kier alpha value is -2.43. The van der Waals surface area contributed by atoms with Gasteiger partial charge in [0.2, 0.25) is 0 Å². The lowest BCUT2D eigenvalue weighted by Crippen LogP contribution is -2.43. The van der Waals surface area contributed by atoms with E-state index < -0.39 is 0 Å². The van der Waals surface area contributed by atoms with Gasteiger partial charge in [-0.2, -0.15) is 0 Å². The molecular weight excluding hydrogens is 355 g/mol. The second-order valence-electron chi connectivity index (χ2n) is 7.78. The Morgan fingerprint density at radius 3 is 2.71 bits per heavy atom. The topological polar surface area (TPSA) is 42.3 Å². The van der Waals surface area contributed by atoms with Crippen molar-refractivity contribution in [2.75, 3.05) is 13.1 Å². The Labute approximate surface area is 166 Å². The van der Waals surface area contributed by atoms with Crippen molar-refractivity contribution >= 4 is 5.91 Å². The van der Waals surface area contributed by atoms with Crippen LogP contribution in [0.1, 0.15) is 53.4 Å². The highest BCUT2D eigenvalue weighted by Gasteiger charge is 2.27. The Bertz CT molecular complexity index is 919. The van der Waals surface area contributed by atoms with Crippen LogP contribution in [0.15, 0.2) is 35.1 Å². The van der Waals surface area contributed by atoms with E-state index >= 15 is 0 Å². The molecule has 1 aliphatic rings. The number of amides is 1. The van der Waals surface area contributed by atoms with Gasteiger partial charge in [0.15, 0.2) is 0 Å². The van der Waals surface area contributed by atoms with E-state index in [2.05, 4.69) is 0 Å². The summed E-state index contributed by atoms with van der Waals surface area (Å²) in [7, 11) is 0. The number of carbonyl (C=O) groups excluding carboxylic acids is 1. The van der Waals surface area contributed by atoms with E-state index in [0.29, 0.717) is 37.5 Å². The summed E-state index contributed by atoms with van der Waals surface area (Å²) in [5, 5.41) is 0. The lowest BCUT2D eigenvalue weighted by atomic mass is 9.91. The van der Waals surface area contributed by atoms with E-state index in [-0.39, 0.29) is 17.3 Å². The lowest BCUT2D eigenvalue weighted by Gasteiger charge is -2.33. The number of hydrogen-bond donors (Lipinski definition) is 0. The molecule has 0 bridgehead atoms. The zero-order chi connectivity index (χ0) is 20.3. The summed E-state index contributed by atoms with van der Waals surface area (Å²) in [6.45, 7) is 7.50. The number of pyridine rings is 1. The van der Waals surface area contributed by atoms with Crippen molar-refractivity contribution in [2.24, 2.45) is 5.92 Å². The SMILES string of the molecule is CCn1c(C)cc(C)c(C(=O)N2CCCC(CCc3ccccc3F)C2)c1=O. The average molecular weight is 384 g/mol. The summed E-state index contributed by atoms with van der Waals surface area (Å²) in [4.78, 5) is 27.8. The number of hydrogen-bond acceptors (Lipinski definition) is 2. The van der Waals surface area contributed by atoms with Crippen LogP contribution >= 0.6 is 0 Å². The molecule has 5 heteroatoms. The highest BCUT2D eigenvalue weighted by molar-refractivity contribution is 5.95. The highest BCUT2D eigenvalue weighted by Crippen LogP contribution is 2.24. The Morgan fingerprint density at radius 2 is 2.00 bits per heavy atom. The van der Waals surface area contributed by atoms with E-state index in [1.165, 1.54) is 6.07 Å². The van der Waals surface area contributed by atoms with Crippen LogP contribution in [0, 0.1) is 25.6 Å². The molecule has 0 spiro atoms. The summed E-state index contributed by atoms with van der Waals surface area (Å²) in [6, 6.07) is 8.79. The fraction of sp³-hybridized carbons (Fsp3) is 0.478. The average Bonchev–Trinajstić information content (AvgIpc) is 2.67. The molecule has 1 atom stereocenters. The zero-order valence-corrected chi connectivity index (χ0v) is 17.0. The van der Waals surface area contributed by atoms with Gasteiger partial charge in [-0.05, 0) is 75.6 Å². The van der Waals surface area contributed by atoms with Gasteiger partial charge in [0, 0.05) is 25.3 Å². The van der Waals surface area contributed by atoms with Crippen LogP contribution in [-0.2, 0) is 13.0 Å². The zero-order valence-electron chi connectivity index (χ0n) is 17.0. The van der Waals surface area contributed by atoms with Crippen LogP contribution in [0.5, 0.6) is 0 Å². The molecular formula is C23H29FN2O2. The number of likely N-dealkylation sites (tertiary alicyclic amines) is 1. The fourth-order valence-electron chi connectivity index (χ4n) is 4.28. The molecule has 0 N–H and O–H groups in total. The van der Waals surface area contributed by atoms with Gasteiger partial charge < -0.3 is 9.47 Å². The molecule has 3 rings (SSSR count). The minimum absolute atomic E-state index is 0.165. The quantitative estimate of drug-likeness (QED) is 0.779. The number of aromatic nitrogens is 1. The van der Waals surface area contributed by atoms with Gasteiger partial charge in [0.1, 0.15) is 11.4 Å². The third-order valence-electron chi connectivity index (χ3n) is 5.82. The molecule has 2 heterocycles. The maximum absolute atomic E-state index is 13.9. The maximum Gasteiger partial charge on any atom is 0.263 e. The standard InChI is InChI=1S/C23H29FN2O2/c1-4-26-17(3)14-16(2)21(23(26)28)22(27)25-13-7-8-18(15-25)11-12-19-9-5-6-10-20(19)24/h5-6,9-10,14,18H,4,7-8,11-13,15H2,1-3H3. The highest BCUT2D eigenvalue weighted by atomic mass is 19.1. The van der Waals surface area contributed by atoms with Crippen molar-refractivity contribution in [3.63, 3.8) is 0 Å². The predicted molar refractivity (Wildman–Crippen MR) is 109 cm³/mol. The number of aryl methyl sites for hydroxylation is 3. The van der Waals surface area contributed by atoms with Crippen LogP contribution in [0.25, 0.3) is 0 Å². The van der Waals surface area contributed by atoms with Crippen molar-refractivity contribution in [2.45, 2.75) is 53.0 Å². The normalized spacial score (nSPS) is 17.0. The minimum atomic E-state index is -0.196. The summed E-state index contributed by atoms with van der Waals surface area (Å²) in [6.07, 6.45) is 3.47. The summed E-state index contributed by atoms with van der Waals surface area (Å²) >= 11 is 0. The third kappa shape index (κ3) is 4.18. The molecule has 0 aliphatic carbocycles. The molecule has 1 aromatic carbocycles. The van der Waals surface area contributed by atoms with Crippen molar-refractivity contribution in [1.82, 2.24) is 9.47 Å². The Balaban J connectivity index is 1.73. The number of benzene rings is 1. The van der Waals surface area contributed by atoms with Gasteiger partial charge >= 0.3 is 0 Å². The summed E-state index contributed by atoms with van der Waals surface area (Å²) < 4.78 is 15.5. The Kier molecular flexibility index (Phi) is 6.32. The van der Waals surface area contributed by atoms with Crippen LogP contribution < -0.4 is 5.56 Å². The van der Waals surface area contributed by atoms with Gasteiger partial charge in [0.05, 0.1) is 0 Å². The first-order valence-corrected chi connectivity index (χ1v) is 10.2. The minimum Gasteiger partial charge on any atom is -0.338 e. The van der Waals surface area contributed by atoms with Gasteiger partial charge in [0.25, 0.3) is 11.5 Å². The number of halogens is 1. The lowest BCUT2D eigenvalue weighted by molar-refractivity contribution is 0.0665. The van der Waals surface area contributed by atoms with E-state index in [1.807, 2.05) is 43.9 Å². The van der Waals surface area contributed by atoms with Crippen molar-refractivity contribution in [3.05, 3.63) is 68.9 Å². The molecule has 0 radical (unpaired) electrons. The predicted octanol–water partition coefficient (Wildman–Crippen LogP) is 4.11. The molecule has 4 nitrogen and oxygen atoms in total. The molecule has 1 saturated heterocycles. The fourth-order valence-corrected chi connectivity index (χ4v) is 4.28. The van der Waals surface area contributed by atoms with Crippen molar-refractivity contribution < 1.29 is 9.18 Å². The second kappa shape index (κ2) is 8.72.